The summed E-state index contributed by atoms with van der Waals surface area (Å²) in [5.74, 6) is 0.579. The third-order valence-electron chi connectivity index (χ3n) is 4.73. The molecule has 162 valence electrons. The van der Waals surface area contributed by atoms with Gasteiger partial charge in [-0.05, 0) is 43.3 Å². The van der Waals surface area contributed by atoms with E-state index >= 15 is 0 Å². The Hall–Kier alpha value is -3.65. The predicted molar refractivity (Wildman–Crippen MR) is 124 cm³/mol. The highest BCUT2D eigenvalue weighted by molar-refractivity contribution is 7.99. The van der Waals surface area contributed by atoms with Crippen LogP contribution < -0.4 is 10.1 Å². The fourth-order valence-corrected chi connectivity index (χ4v) is 3.87. The van der Waals surface area contributed by atoms with Gasteiger partial charge in [0.2, 0.25) is 5.91 Å². The lowest BCUT2D eigenvalue weighted by atomic mass is 10.2. The second kappa shape index (κ2) is 9.65. The zero-order chi connectivity index (χ0) is 22.5. The van der Waals surface area contributed by atoms with E-state index in [0.717, 1.165) is 16.8 Å². The molecule has 0 aliphatic rings. The number of hydrogen-bond donors (Lipinski definition) is 1. The average Bonchev–Trinajstić information content (AvgIpc) is 3.24. The molecule has 1 heterocycles. The summed E-state index contributed by atoms with van der Waals surface area (Å²) in [4.78, 5) is 12.4. The molecular weight excluding hydrogens is 427 g/mol. The highest BCUT2D eigenvalue weighted by Gasteiger charge is 2.18. The van der Waals surface area contributed by atoms with Crippen LogP contribution >= 0.6 is 11.8 Å². The fraction of sp³-hybridized carbons (Fsp3) is 0.125. The van der Waals surface area contributed by atoms with Crippen LogP contribution in [-0.2, 0) is 4.79 Å². The van der Waals surface area contributed by atoms with Crippen molar-refractivity contribution in [3.63, 3.8) is 0 Å². The molecule has 6 nitrogen and oxygen atoms in total. The summed E-state index contributed by atoms with van der Waals surface area (Å²) < 4.78 is 21.1. The first kappa shape index (κ1) is 21.6. The molecule has 0 aliphatic heterocycles. The molecule has 0 unspecified atom stereocenters. The number of halogens is 1. The van der Waals surface area contributed by atoms with Gasteiger partial charge in [-0.15, -0.1) is 10.2 Å². The number of nitrogens with one attached hydrogen (secondary N) is 1. The van der Waals surface area contributed by atoms with E-state index in [1.54, 1.807) is 19.2 Å². The van der Waals surface area contributed by atoms with Crippen molar-refractivity contribution in [3.05, 3.63) is 84.2 Å². The number of thioether (sulfide) groups is 1. The molecule has 0 bridgehead atoms. The molecule has 0 radical (unpaired) electrons. The van der Waals surface area contributed by atoms with Crippen molar-refractivity contribution < 1.29 is 13.9 Å². The topological polar surface area (TPSA) is 69.0 Å². The number of anilines is 1. The zero-order valence-corrected chi connectivity index (χ0v) is 18.4. The molecule has 0 fully saturated rings. The number of methoxy groups -OCH3 is 1. The Morgan fingerprint density at radius 3 is 2.59 bits per heavy atom. The van der Waals surface area contributed by atoms with Crippen LogP contribution in [0.15, 0.2) is 78.0 Å². The smallest absolute Gasteiger partial charge is 0.234 e. The number of rotatable bonds is 7. The fourth-order valence-electron chi connectivity index (χ4n) is 3.12. The number of nitrogens with zero attached hydrogens (tertiary/aromatic N) is 3. The van der Waals surface area contributed by atoms with E-state index in [2.05, 4.69) is 15.5 Å². The van der Waals surface area contributed by atoms with Gasteiger partial charge in [0, 0.05) is 11.3 Å². The number of aromatic nitrogens is 3. The van der Waals surface area contributed by atoms with E-state index in [1.165, 1.54) is 23.9 Å². The Labute approximate surface area is 189 Å². The number of carbonyl (C=O) groups is 1. The van der Waals surface area contributed by atoms with Crippen LogP contribution in [-0.4, -0.2) is 33.5 Å². The molecule has 0 atom stereocenters. The SMILES string of the molecule is COc1cccc(-c2nnc(SCC(=O)Nc3ccccc3F)n2-c2ccc(C)cc2)c1. The van der Waals surface area contributed by atoms with Gasteiger partial charge in [0.25, 0.3) is 0 Å². The summed E-state index contributed by atoms with van der Waals surface area (Å²) in [6.07, 6.45) is 0. The van der Waals surface area contributed by atoms with Crippen LogP contribution in [0.5, 0.6) is 5.75 Å². The molecule has 8 heteroatoms. The monoisotopic (exact) mass is 448 g/mol. The number of benzene rings is 3. The summed E-state index contributed by atoms with van der Waals surface area (Å²) >= 11 is 1.23. The molecule has 1 aromatic heterocycles. The first-order valence-corrected chi connectivity index (χ1v) is 10.9. The van der Waals surface area contributed by atoms with Gasteiger partial charge in [0.05, 0.1) is 18.6 Å². The Bertz CT molecular complexity index is 1240. The lowest BCUT2D eigenvalue weighted by Gasteiger charge is -2.11. The van der Waals surface area contributed by atoms with Crippen LogP contribution in [0.4, 0.5) is 10.1 Å². The molecule has 0 saturated carbocycles. The minimum atomic E-state index is -0.478. The first-order valence-electron chi connectivity index (χ1n) is 9.89. The van der Waals surface area contributed by atoms with Crippen molar-refractivity contribution >= 4 is 23.4 Å². The number of ether oxygens (including phenoxy) is 1. The molecule has 4 rings (SSSR count). The molecule has 3 aromatic carbocycles. The van der Waals surface area contributed by atoms with Crippen molar-refractivity contribution in [2.45, 2.75) is 12.1 Å². The van der Waals surface area contributed by atoms with Crippen LogP contribution in [0.3, 0.4) is 0 Å². The van der Waals surface area contributed by atoms with Crippen LogP contribution in [0.25, 0.3) is 17.1 Å². The van der Waals surface area contributed by atoms with Gasteiger partial charge in [0.15, 0.2) is 11.0 Å². The molecular formula is C24H21FN4O2S. The number of para-hydroxylation sites is 1. The molecule has 1 N–H and O–H groups in total. The second-order valence-electron chi connectivity index (χ2n) is 7.03. The molecule has 32 heavy (non-hydrogen) atoms. The number of carbonyl (C=O) groups excluding carboxylic acids is 1. The maximum atomic E-state index is 13.8. The van der Waals surface area contributed by atoms with E-state index < -0.39 is 5.82 Å². The maximum Gasteiger partial charge on any atom is 0.234 e. The highest BCUT2D eigenvalue weighted by Crippen LogP contribution is 2.30. The van der Waals surface area contributed by atoms with Gasteiger partial charge in [-0.2, -0.15) is 0 Å². The largest absolute Gasteiger partial charge is 0.497 e. The predicted octanol–water partition coefficient (Wildman–Crippen LogP) is 5.12. The van der Waals surface area contributed by atoms with Gasteiger partial charge in [0.1, 0.15) is 11.6 Å². The maximum absolute atomic E-state index is 13.8. The summed E-state index contributed by atoms with van der Waals surface area (Å²) in [6, 6.07) is 21.6. The summed E-state index contributed by atoms with van der Waals surface area (Å²) in [5, 5.41) is 11.8. The van der Waals surface area contributed by atoms with Crippen LogP contribution in [0.1, 0.15) is 5.56 Å². The lowest BCUT2D eigenvalue weighted by Crippen LogP contribution is -2.15. The van der Waals surface area contributed by atoms with Crippen LogP contribution in [0, 0.1) is 12.7 Å². The summed E-state index contributed by atoms with van der Waals surface area (Å²) in [6.45, 7) is 2.02. The zero-order valence-electron chi connectivity index (χ0n) is 17.6. The number of hydrogen-bond acceptors (Lipinski definition) is 5. The summed E-state index contributed by atoms with van der Waals surface area (Å²) in [5.41, 5.74) is 2.98. The Morgan fingerprint density at radius 1 is 1.06 bits per heavy atom. The summed E-state index contributed by atoms with van der Waals surface area (Å²) in [7, 11) is 1.61. The molecule has 1 amide bonds. The van der Waals surface area contributed by atoms with Crippen molar-refractivity contribution in [1.29, 1.82) is 0 Å². The van der Waals surface area contributed by atoms with E-state index in [0.29, 0.717) is 16.7 Å². The minimum absolute atomic E-state index is 0.0520. The molecule has 4 aromatic rings. The second-order valence-corrected chi connectivity index (χ2v) is 7.97. The Balaban J connectivity index is 1.63. The van der Waals surface area contributed by atoms with Gasteiger partial charge in [-0.3, -0.25) is 9.36 Å². The standard InChI is InChI=1S/C24H21FN4O2S/c1-16-10-12-18(13-11-16)29-23(17-6-5-7-19(14-17)31-2)27-28-24(29)32-15-22(30)26-21-9-4-3-8-20(21)25/h3-14H,15H2,1-2H3,(H,26,30). The van der Waals surface area contributed by atoms with E-state index in [-0.39, 0.29) is 17.3 Å². The quantitative estimate of drug-likeness (QED) is 0.398. The third-order valence-corrected chi connectivity index (χ3v) is 5.66. The van der Waals surface area contributed by atoms with Crippen molar-refractivity contribution in [2.24, 2.45) is 0 Å². The number of aryl methyl sites for hydroxylation is 1. The van der Waals surface area contributed by atoms with Crippen LogP contribution in [0.2, 0.25) is 0 Å². The Morgan fingerprint density at radius 2 is 1.84 bits per heavy atom. The van der Waals surface area contributed by atoms with E-state index in [4.69, 9.17) is 4.74 Å². The molecule has 0 aliphatic carbocycles. The normalized spacial score (nSPS) is 10.7. The van der Waals surface area contributed by atoms with Crippen molar-refractivity contribution in [3.8, 4) is 22.8 Å². The van der Waals surface area contributed by atoms with Crippen molar-refractivity contribution in [1.82, 2.24) is 14.8 Å². The third kappa shape index (κ3) is 4.81. The van der Waals surface area contributed by atoms with Gasteiger partial charge in [-0.1, -0.05) is 53.7 Å². The van der Waals surface area contributed by atoms with Gasteiger partial charge >= 0.3 is 0 Å². The van der Waals surface area contributed by atoms with E-state index in [9.17, 15) is 9.18 Å². The van der Waals surface area contributed by atoms with Gasteiger partial charge < -0.3 is 10.1 Å². The molecule has 0 saturated heterocycles. The highest BCUT2D eigenvalue weighted by atomic mass is 32.2. The van der Waals surface area contributed by atoms with E-state index in [1.807, 2.05) is 60.0 Å². The minimum Gasteiger partial charge on any atom is -0.497 e. The lowest BCUT2D eigenvalue weighted by molar-refractivity contribution is -0.113. The number of amides is 1. The Kier molecular flexibility index (Phi) is 6.51. The first-order chi connectivity index (χ1) is 15.5. The average molecular weight is 449 g/mol. The van der Waals surface area contributed by atoms with Gasteiger partial charge in [-0.25, -0.2) is 4.39 Å². The van der Waals surface area contributed by atoms with Crippen molar-refractivity contribution in [2.75, 3.05) is 18.2 Å². The molecule has 0 spiro atoms.